The Kier molecular flexibility index (Phi) is 5.76. The normalized spacial score (nSPS) is 16.2. The van der Waals surface area contributed by atoms with Gasteiger partial charge in [-0.2, -0.15) is 0 Å². The second-order valence-electron chi connectivity index (χ2n) is 8.53. The van der Waals surface area contributed by atoms with Crippen LogP contribution in [-0.2, 0) is 11.8 Å². The van der Waals surface area contributed by atoms with Crippen molar-refractivity contribution in [3.8, 4) is 11.3 Å². The molecule has 35 heavy (non-hydrogen) atoms. The van der Waals surface area contributed by atoms with Crippen LogP contribution in [0.1, 0.15) is 23.2 Å². The number of ether oxygens (including phenoxy) is 1. The summed E-state index contributed by atoms with van der Waals surface area (Å²) in [4.78, 5) is 28.3. The summed E-state index contributed by atoms with van der Waals surface area (Å²) < 4.78 is 49.9. The molecular weight excluding hydrogens is 459 g/mol. The van der Waals surface area contributed by atoms with Crippen LogP contribution in [0, 0.1) is 31.3 Å². The maximum Gasteiger partial charge on any atom is 0.261 e. The lowest BCUT2D eigenvalue weighted by Crippen LogP contribution is -2.39. The highest BCUT2D eigenvalue weighted by molar-refractivity contribution is 5.93. The summed E-state index contributed by atoms with van der Waals surface area (Å²) >= 11 is 0. The Morgan fingerprint density at radius 2 is 1.80 bits per heavy atom. The summed E-state index contributed by atoms with van der Waals surface area (Å²) in [5.41, 5.74) is 1.27. The monoisotopic (exact) mass is 481 g/mol. The number of fused-ring (bicyclic) bond motifs is 1. The number of aromatic nitrogens is 4. The Morgan fingerprint density at radius 3 is 2.57 bits per heavy atom. The number of pyridine rings is 2. The number of rotatable bonds is 3. The van der Waals surface area contributed by atoms with Crippen molar-refractivity contribution in [3.63, 3.8) is 0 Å². The summed E-state index contributed by atoms with van der Waals surface area (Å²) in [6, 6.07) is 6.62. The van der Waals surface area contributed by atoms with Gasteiger partial charge in [-0.25, -0.2) is 23.1 Å². The lowest BCUT2D eigenvalue weighted by molar-refractivity contribution is 0.0394. The van der Waals surface area contributed by atoms with Gasteiger partial charge < -0.3 is 9.64 Å². The number of morpholine rings is 1. The van der Waals surface area contributed by atoms with Gasteiger partial charge in [0.1, 0.15) is 34.8 Å². The van der Waals surface area contributed by atoms with Gasteiger partial charge in [0.05, 0.1) is 12.0 Å². The molecule has 0 spiro atoms. The highest BCUT2D eigenvalue weighted by Gasteiger charge is 2.26. The molecule has 0 bridgehead atoms. The SMILES string of the molecule is Cc1cc([C@H]2CN(c3cc4c(=O)n(C)c(C)nc4c(-c4cc(F)c(F)cc4F)n3)CCO2)ccn1. The minimum absolute atomic E-state index is 0.0301. The van der Waals surface area contributed by atoms with Crippen LogP contribution in [0.5, 0.6) is 0 Å². The predicted molar refractivity (Wildman–Crippen MR) is 125 cm³/mol. The number of nitrogens with zero attached hydrogens (tertiary/aromatic N) is 5. The number of hydrogen-bond donors (Lipinski definition) is 0. The molecule has 10 heteroatoms. The Balaban J connectivity index is 1.68. The van der Waals surface area contributed by atoms with Crippen molar-refractivity contribution in [3.05, 3.63) is 81.4 Å². The summed E-state index contributed by atoms with van der Waals surface area (Å²) in [5.74, 6) is -2.77. The van der Waals surface area contributed by atoms with Crippen molar-refractivity contribution < 1.29 is 17.9 Å². The molecular formula is C25H22F3N5O2. The fourth-order valence-corrected chi connectivity index (χ4v) is 4.25. The van der Waals surface area contributed by atoms with E-state index in [9.17, 15) is 18.0 Å². The fourth-order valence-electron chi connectivity index (χ4n) is 4.25. The van der Waals surface area contributed by atoms with Crippen molar-refractivity contribution >= 4 is 16.7 Å². The molecule has 1 atom stereocenters. The first-order valence-corrected chi connectivity index (χ1v) is 11.1. The summed E-state index contributed by atoms with van der Waals surface area (Å²) in [7, 11) is 1.58. The number of anilines is 1. The largest absolute Gasteiger partial charge is 0.370 e. The Morgan fingerprint density at radius 1 is 1.03 bits per heavy atom. The van der Waals surface area contributed by atoms with Crippen LogP contribution in [0.25, 0.3) is 22.2 Å². The van der Waals surface area contributed by atoms with Crippen molar-refractivity contribution in [2.45, 2.75) is 20.0 Å². The van der Waals surface area contributed by atoms with Gasteiger partial charge in [0.25, 0.3) is 5.56 Å². The van der Waals surface area contributed by atoms with Crippen LogP contribution in [0.4, 0.5) is 19.0 Å². The molecule has 0 unspecified atom stereocenters. The molecule has 4 heterocycles. The van der Waals surface area contributed by atoms with Crippen molar-refractivity contribution in [1.82, 2.24) is 19.5 Å². The van der Waals surface area contributed by atoms with E-state index in [1.807, 2.05) is 24.0 Å². The first-order chi connectivity index (χ1) is 16.7. The van der Waals surface area contributed by atoms with E-state index in [1.165, 1.54) is 4.57 Å². The molecule has 3 aromatic heterocycles. The van der Waals surface area contributed by atoms with Gasteiger partial charge in [0, 0.05) is 43.7 Å². The molecule has 0 aliphatic carbocycles. The van der Waals surface area contributed by atoms with Crippen LogP contribution in [0.3, 0.4) is 0 Å². The molecule has 1 aliphatic heterocycles. The summed E-state index contributed by atoms with van der Waals surface area (Å²) in [5, 5.41) is 0.199. The lowest BCUT2D eigenvalue weighted by atomic mass is 10.1. The van der Waals surface area contributed by atoms with Gasteiger partial charge in [-0.3, -0.25) is 14.3 Å². The molecule has 0 radical (unpaired) electrons. The Hall–Kier alpha value is -3.79. The van der Waals surface area contributed by atoms with E-state index in [0.717, 1.165) is 17.3 Å². The third-order valence-corrected chi connectivity index (χ3v) is 6.22. The van der Waals surface area contributed by atoms with Gasteiger partial charge in [-0.15, -0.1) is 0 Å². The topological polar surface area (TPSA) is 73.1 Å². The third kappa shape index (κ3) is 4.14. The average Bonchev–Trinajstić information content (AvgIpc) is 2.85. The molecule has 1 fully saturated rings. The molecule has 7 nitrogen and oxygen atoms in total. The quantitative estimate of drug-likeness (QED) is 0.412. The molecule has 1 saturated heterocycles. The van der Waals surface area contributed by atoms with E-state index >= 15 is 0 Å². The van der Waals surface area contributed by atoms with Crippen LogP contribution in [-0.4, -0.2) is 39.2 Å². The zero-order valence-corrected chi connectivity index (χ0v) is 19.3. The van der Waals surface area contributed by atoms with Crippen molar-refractivity contribution in [2.24, 2.45) is 7.05 Å². The lowest BCUT2D eigenvalue weighted by Gasteiger charge is -2.34. The highest BCUT2D eigenvalue weighted by Crippen LogP contribution is 2.33. The van der Waals surface area contributed by atoms with E-state index in [2.05, 4.69) is 15.0 Å². The van der Waals surface area contributed by atoms with E-state index in [-0.39, 0.29) is 33.8 Å². The second kappa shape index (κ2) is 8.77. The fraction of sp³-hybridized carbons (Fsp3) is 0.280. The summed E-state index contributed by atoms with van der Waals surface area (Å²) in [6.45, 7) is 4.80. The van der Waals surface area contributed by atoms with Crippen molar-refractivity contribution in [1.29, 1.82) is 0 Å². The first kappa shape index (κ1) is 23.0. The van der Waals surface area contributed by atoms with E-state index in [0.29, 0.717) is 37.4 Å². The molecule has 4 aromatic rings. The Labute approximate surface area is 198 Å². The second-order valence-corrected chi connectivity index (χ2v) is 8.53. The number of hydrogen-bond acceptors (Lipinski definition) is 6. The predicted octanol–water partition coefficient (Wildman–Crippen LogP) is 4.00. The van der Waals surface area contributed by atoms with Crippen LogP contribution < -0.4 is 10.5 Å². The molecule has 0 N–H and O–H groups in total. The summed E-state index contributed by atoms with van der Waals surface area (Å²) in [6.07, 6.45) is 1.44. The number of aryl methyl sites for hydroxylation is 2. The van der Waals surface area contributed by atoms with E-state index < -0.39 is 17.5 Å². The molecule has 5 rings (SSSR count). The molecule has 1 aromatic carbocycles. The van der Waals surface area contributed by atoms with Gasteiger partial charge in [-0.1, -0.05) is 0 Å². The van der Waals surface area contributed by atoms with Crippen LogP contribution in [0.2, 0.25) is 0 Å². The average molecular weight is 481 g/mol. The standard InChI is InChI=1S/C25H22F3N5O2/c1-13-8-15(4-5-29-13)21-12-33(6-7-35-21)22-10-17-24(30-14(2)32(3)25(17)34)23(31-22)16-9-19(27)20(28)11-18(16)26/h4-5,8-11,21H,6-7,12H2,1-3H3/t21-/m1/s1. The van der Waals surface area contributed by atoms with Crippen LogP contribution in [0.15, 0.2) is 41.3 Å². The zero-order chi connectivity index (χ0) is 24.9. The molecule has 180 valence electrons. The third-order valence-electron chi connectivity index (χ3n) is 6.22. The molecule has 1 aliphatic rings. The van der Waals surface area contributed by atoms with Crippen molar-refractivity contribution in [2.75, 3.05) is 24.6 Å². The smallest absolute Gasteiger partial charge is 0.261 e. The van der Waals surface area contributed by atoms with Gasteiger partial charge >= 0.3 is 0 Å². The van der Waals surface area contributed by atoms with Gasteiger partial charge in [0.2, 0.25) is 0 Å². The minimum Gasteiger partial charge on any atom is -0.370 e. The van der Waals surface area contributed by atoms with E-state index in [4.69, 9.17) is 4.74 Å². The first-order valence-electron chi connectivity index (χ1n) is 11.1. The Bertz CT molecular complexity index is 1520. The molecule has 0 saturated carbocycles. The zero-order valence-electron chi connectivity index (χ0n) is 19.3. The van der Waals surface area contributed by atoms with E-state index in [1.54, 1.807) is 26.2 Å². The van der Waals surface area contributed by atoms with Gasteiger partial charge in [-0.05, 0) is 43.7 Å². The number of benzene rings is 1. The highest BCUT2D eigenvalue weighted by atomic mass is 19.2. The number of halogens is 3. The maximum atomic E-state index is 14.8. The molecule has 0 amide bonds. The van der Waals surface area contributed by atoms with Crippen LogP contribution >= 0.6 is 0 Å². The minimum atomic E-state index is -1.31. The maximum absolute atomic E-state index is 14.8. The van der Waals surface area contributed by atoms with Gasteiger partial charge in [0.15, 0.2) is 11.6 Å².